The van der Waals surface area contributed by atoms with Gasteiger partial charge < -0.3 is 15.2 Å². The molecule has 4 nitrogen and oxygen atoms in total. The van der Waals surface area contributed by atoms with E-state index in [2.05, 4.69) is 15.0 Å². The molecule has 0 unspecified atom stereocenters. The molecule has 1 aliphatic heterocycles. The molecule has 9 heteroatoms. The monoisotopic (exact) mass is 452 g/mol. The van der Waals surface area contributed by atoms with Crippen LogP contribution in [0.2, 0.25) is 0 Å². The molecular formula is C20H25Cl2F3N2O2. The van der Waals surface area contributed by atoms with E-state index in [1.54, 1.807) is 24.3 Å². The highest BCUT2D eigenvalue weighted by Gasteiger charge is 2.31. The Balaban J connectivity index is 0.00000210. The normalized spacial score (nSPS) is 15.8. The third kappa shape index (κ3) is 6.40. The lowest BCUT2D eigenvalue weighted by molar-refractivity contribution is -0.274. The topological polar surface area (TPSA) is 44.7 Å². The van der Waals surface area contributed by atoms with Crippen molar-refractivity contribution < 1.29 is 23.0 Å². The molecule has 0 aliphatic carbocycles. The summed E-state index contributed by atoms with van der Waals surface area (Å²) in [6.07, 6.45) is -4.70. The Labute approximate surface area is 180 Å². The van der Waals surface area contributed by atoms with Crippen LogP contribution >= 0.6 is 24.8 Å². The van der Waals surface area contributed by atoms with Gasteiger partial charge in [0.25, 0.3) is 0 Å². The van der Waals surface area contributed by atoms with Crippen molar-refractivity contribution in [3.63, 3.8) is 0 Å². The van der Waals surface area contributed by atoms with Gasteiger partial charge in [0.15, 0.2) is 0 Å². The zero-order chi connectivity index (χ0) is 19.6. The van der Waals surface area contributed by atoms with Crippen LogP contribution in [0.1, 0.15) is 28.3 Å². The predicted molar refractivity (Wildman–Crippen MR) is 111 cm³/mol. The van der Waals surface area contributed by atoms with Crippen molar-refractivity contribution in [3.05, 3.63) is 58.7 Å². The van der Waals surface area contributed by atoms with Gasteiger partial charge in [0.1, 0.15) is 11.5 Å². The number of piperazine rings is 1. The van der Waals surface area contributed by atoms with Crippen molar-refractivity contribution in [1.29, 1.82) is 0 Å². The zero-order valence-electron chi connectivity index (χ0n) is 16.1. The smallest absolute Gasteiger partial charge is 0.508 e. The molecule has 0 spiro atoms. The third-order valence-corrected chi connectivity index (χ3v) is 4.80. The number of nitrogens with one attached hydrogen (secondary N) is 1. The van der Waals surface area contributed by atoms with Gasteiger partial charge in [-0.3, -0.25) is 4.90 Å². The Morgan fingerprint density at radius 2 is 1.52 bits per heavy atom. The minimum absolute atomic E-state index is 0. The van der Waals surface area contributed by atoms with E-state index in [1.807, 2.05) is 13.8 Å². The first-order chi connectivity index (χ1) is 12.7. The van der Waals surface area contributed by atoms with Gasteiger partial charge in [-0.05, 0) is 60.4 Å². The van der Waals surface area contributed by atoms with Crippen LogP contribution in [-0.2, 0) is 0 Å². The van der Waals surface area contributed by atoms with E-state index in [-0.39, 0.29) is 42.4 Å². The fourth-order valence-corrected chi connectivity index (χ4v) is 3.74. The maximum Gasteiger partial charge on any atom is 0.573 e. The number of halogens is 5. The fourth-order valence-electron chi connectivity index (χ4n) is 3.74. The van der Waals surface area contributed by atoms with E-state index in [0.29, 0.717) is 0 Å². The van der Waals surface area contributed by atoms with E-state index in [0.717, 1.165) is 48.4 Å². The van der Waals surface area contributed by atoms with Gasteiger partial charge in [0.2, 0.25) is 0 Å². The van der Waals surface area contributed by atoms with Crippen molar-refractivity contribution in [2.24, 2.45) is 0 Å². The highest BCUT2D eigenvalue weighted by molar-refractivity contribution is 5.85. The number of ether oxygens (including phenoxy) is 1. The Bertz CT molecular complexity index is 772. The highest BCUT2D eigenvalue weighted by atomic mass is 35.5. The quantitative estimate of drug-likeness (QED) is 0.702. The van der Waals surface area contributed by atoms with E-state index in [4.69, 9.17) is 0 Å². The molecule has 162 valence electrons. The number of aromatic hydroxyl groups is 1. The van der Waals surface area contributed by atoms with Crippen LogP contribution in [0.3, 0.4) is 0 Å². The summed E-state index contributed by atoms with van der Waals surface area (Å²) in [6.45, 7) is 7.23. The molecule has 1 heterocycles. The molecule has 1 aliphatic rings. The van der Waals surface area contributed by atoms with Gasteiger partial charge in [-0.1, -0.05) is 12.1 Å². The molecule has 1 saturated heterocycles. The summed E-state index contributed by atoms with van der Waals surface area (Å²) in [4.78, 5) is 2.31. The first kappa shape index (κ1) is 25.4. The molecule has 0 bridgehead atoms. The third-order valence-electron chi connectivity index (χ3n) is 4.80. The molecule has 0 amide bonds. The van der Waals surface area contributed by atoms with Crippen molar-refractivity contribution in [2.75, 3.05) is 26.2 Å². The van der Waals surface area contributed by atoms with E-state index >= 15 is 0 Å². The van der Waals surface area contributed by atoms with Gasteiger partial charge >= 0.3 is 6.36 Å². The average molecular weight is 453 g/mol. The fraction of sp³-hybridized carbons (Fsp3) is 0.400. The van der Waals surface area contributed by atoms with E-state index < -0.39 is 6.36 Å². The SMILES string of the molecule is Cc1cc(O)cc(C)c1[C@H](c1ccc(OC(F)(F)F)cc1)N1CCNCC1.Cl.Cl. The van der Waals surface area contributed by atoms with Crippen molar-refractivity contribution in [3.8, 4) is 11.5 Å². The summed E-state index contributed by atoms with van der Waals surface area (Å²) >= 11 is 0. The molecule has 2 aromatic rings. The number of alkyl halides is 3. The van der Waals surface area contributed by atoms with E-state index in [1.165, 1.54) is 12.1 Å². The highest BCUT2D eigenvalue weighted by Crippen LogP contribution is 2.36. The number of phenols is 1. The van der Waals surface area contributed by atoms with Crippen LogP contribution < -0.4 is 10.1 Å². The van der Waals surface area contributed by atoms with Crippen molar-refractivity contribution in [2.45, 2.75) is 26.3 Å². The zero-order valence-corrected chi connectivity index (χ0v) is 17.8. The summed E-state index contributed by atoms with van der Waals surface area (Å²) in [6, 6.07) is 9.40. The Hall–Kier alpha value is -1.67. The number of aryl methyl sites for hydroxylation is 2. The van der Waals surface area contributed by atoms with Crippen LogP contribution in [0.5, 0.6) is 11.5 Å². The maximum atomic E-state index is 12.4. The summed E-state index contributed by atoms with van der Waals surface area (Å²) in [5.41, 5.74) is 3.86. The summed E-state index contributed by atoms with van der Waals surface area (Å²) in [7, 11) is 0. The van der Waals surface area contributed by atoms with Crippen LogP contribution in [0, 0.1) is 13.8 Å². The summed E-state index contributed by atoms with van der Waals surface area (Å²) < 4.78 is 41.3. The van der Waals surface area contributed by atoms with Gasteiger partial charge in [-0.2, -0.15) is 0 Å². The summed E-state index contributed by atoms with van der Waals surface area (Å²) in [5, 5.41) is 13.2. The molecular weight excluding hydrogens is 428 g/mol. The molecule has 0 aromatic heterocycles. The Kier molecular flexibility index (Phi) is 9.09. The van der Waals surface area contributed by atoms with Gasteiger partial charge in [-0.15, -0.1) is 38.0 Å². The minimum atomic E-state index is -4.70. The van der Waals surface area contributed by atoms with Crippen LogP contribution in [-0.4, -0.2) is 42.5 Å². The maximum absolute atomic E-state index is 12.4. The second-order valence-corrected chi connectivity index (χ2v) is 6.80. The molecule has 0 saturated carbocycles. The molecule has 1 atom stereocenters. The largest absolute Gasteiger partial charge is 0.573 e. The number of benzene rings is 2. The number of hydrogen-bond donors (Lipinski definition) is 2. The molecule has 2 aromatic carbocycles. The first-order valence-electron chi connectivity index (χ1n) is 8.85. The van der Waals surface area contributed by atoms with E-state index in [9.17, 15) is 18.3 Å². The Morgan fingerprint density at radius 3 is 2.00 bits per heavy atom. The first-order valence-corrected chi connectivity index (χ1v) is 8.85. The molecule has 2 N–H and O–H groups in total. The molecule has 3 rings (SSSR count). The molecule has 29 heavy (non-hydrogen) atoms. The second kappa shape index (κ2) is 10.4. The number of nitrogens with zero attached hydrogens (tertiary/aromatic N) is 1. The van der Waals surface area contributed by atoms with Crippen LogP contribution in [0.4, 0.5) is 13.2 Å². The Morgan fingerprint density at radius 1 is 1.00 bits per heavy atom. The van der Waals surface area contributed by atoms with Gasteiger partial charge in [-0.25, -0.2) is 0 Å². The lowest BCUT2D eigenvalue weighted by Gasteiger charge is -2.37. The second-order valence-electron chi connectivity index (χ2n) is 6.80. The number of phenolic OH excluding ortho intramolecular Hbond substituents is 1. The standard InChI is InChI=1S/C20H23F3N2O2.2ClH/c1-13-11-16(26)12-14(2)18(13)19(25-9-7-24-8-10-25)15-3-5-17(6-4-15)27-20(21,22)23;;/h3-6,11-12,19,24,26H,7-10H2,1-2H3;2*1H/t19-;;/m0../s1. The van der Waals surface area contributed by atoms with Gasteiger partial charge in [0.05, 0.1) is 6.04 Å². The number of rotatable bonds is 4. The minimum Gasteiger partial charge on any atom is -0.508 e. The molecule has 1 fully saturated rings. The van der Waals surface area contributed by atoms with Crippen LogP contribution in [0.15, 0.2) is 36.4 Å². The van der Waals surface area contributed by atoms with Crippen molar-refractivity contribution >= 4 is 24.8 Å². The average Bonchev–Trinajstić information content (AvgIpc) is 2.58. The van der Waals surface area contributed by atoms with Crippen molar-refractivity contribution in [1.82, 2.24) is 10.2 Å². The predicted octanol–water partition coefficient (Wildman–Crippen LogP) is 4.75. The van der Waals surface area contributed by atoms with Gasteiger partial charge in [0, 0.05) is 26.2 Å². The summed E-state index contributed by atoms with van der Waals surface area (Å²) in [5.74, 6) is -0.0220. The van der Waals surface area contributed by atoms with Crippen LogP contribution in [0.25, 0.3) is 0 Å². The number of hydrogen-bond acceptors (Lipinski definition) is 4. The molecule has 0 radical (unpaired) electrons. The lowest BCUT2D eigenvalue weighted by atomic mass is 9.89. The lowest BCUT2D eigenvalue weighted by Crippen LogP contribution is -2.45.